The van der Waals surface area contributed by atoms with E-state index >= 15 is 0 Å². The minimum atomic E-state index is -0.657. The Hall–Kier alpha value is -1.51. The molecule has 0 radical (unpaired) electrons. The standard InChI is InChI=1S/C15H19F2N3/c1-2-20-4-3-11(10-20)8-19-9-13-14(16)5-12(7-18)6-15(13)17/h5-6,11,19H,2-4,8-10H2,1H3. The summed E-state index contributed by atoms with van der Waals surface area (Å²) in [6.07, 6.45) is 1.12. The van der Waals surface area contributed by atoms with Gasteiger partial charge in [-0.05, 0) is 44.1 Å². The van der Waals surface area contributed by atoms with Gasteiger partial charge in [-0.2, -0.15) is 5.26 Å². The number of hydrogen-bond acceptors (Lipinski definition) is 3. The first-order valence-electron chi connectivity index (χ1n) is 6.95. The van der Waals surface area contributed by atoms with Gasteiger partial charge in [0, 0.05) is 18.7 Å². The number of hydrogen-bond donors (Lipinski definition) is 1. The molecule has 0 aliphatic carbocycles. The molecule has 0 amide bonds. The highest BCUT2D eigenvalue weighted by atomic mass is 19.1. The maximum absolute atomic E-state index is 13.7. The number of nitrogens with one attached hydrogen (secondary N) is 1. The lowest BCUT2D eigenvalue weighted by atomic mass is 10.1. The Labute approximate surface area is 118 Å². The monoisotopic (exact) mass is 279 g/mol. The van der Waals surface area contributed by atoms with Crippen LogP contribution in [-0.4, -0.2) is 31.1 Å². The molecule has 0 spiro atoms. The molecule has 5 heteroatoms. The molecule has 1 aliphatic rings. The highest BCUT2D eigenvalue weighted by Gasteiger charge is 2.20. The highest BCUT2D eigenvalue weighted by Crippen LogP contribution is 2.17. The SMILES string of the molecule is CCN1CCC(CNCc2c(F)cc(C#N)cc2F)C1. The van der Waals surface area contributed by atoms with Gasteiger partial charge in [-0.25, -0.2) is 8.78 Å². The average Bonchev–Trinajstić information content (AvgIpc) is 2.89. The second-order valence-electron chi connectivity index (χ2n) is 5.21. The van der Waals surface area contributed by atoms with Crippen molar-refractivity contribution >= 4 is 0 Å². The molecule has 20 heavy (non-hydrogen) atoms. The zero-order chi connectivity index (χ0) is 14.5. The second-order valence-corrected chi connectivity index (χ2v) is 5.21. The fourth-order valence-corrected chi connectivity index (χ4v) is 2.60. The summed E-state index contributed by atoms with van der Waals surface area (Å²) < 4.78 is 27.4. The summed E-state index contributed by atoms with van der Waals surface area (Å²) in [7, 11) is 0. The van der Waals surface area contributed by atoms with Crippen molar-refractivity contribution < 1.29 is 8.78 Å². The molecule has 1 unspecified atom stereocenters. The number of nitrogens with zero attached hydrogens (tertiary/aromatic N) is 2. The van der Waals surface area contributed by atoms with E-state index in [2.05, 4.69) is 17.1 Å². The lowest BCUT2D eigenvalue weighted by molar-refractivity contribution is 0.338. The second kappa shape index (κ2) is 6.78. The Bertz CT molecular complexity index is 487. The van der Waals surface area contributed by atoms with E-state index in [0.717, 1.165) is 44.7 Å². The Morgan fingerprint density at radius 1 is 1.40 bits per heavy atom. The molecule has 1 aliphatic heterocycles. The van der Waals surface area contributed by atoms with E-state index in [1.165, 1.54) is 0 Å². The van der Waals surface area contributed by atoms with Gasteiger partial charge in [0.25, 0.3) is 0 Å². The van der Waals surface area contributed by atoms with Crippen molar-refractivity contribution in [3.05, 3.63) is 34.9 Å². The van der Waals surface area contributed by atoms with Gasteiger partial charge in [-0.15, -0.1) is 0 Å². The third kappa shape index (κ3) is 3.53. The lowest BCUT2D eigenvalue weighted by Crippen LogP contribution is -2.26. The van der Waals surface area contributed by atoms with Crippen LogP contribution in [0.5, 0.6) is 0 Å². The van der Waals surface area contributed by atoms with Gasteiger partial charge in [0.05, 0.1) is 11.6 Å². The molecule has 2 rings (SSSR count). The van der Waals surface area contributed by atoms with Crippen molar-refractivity contribution in [3.63, 3.8) is 0 Å². The van der Waals surface area contributed by atoms with E-state index in [4.69, 9.17) is 5.26 Å². The van der Waals surface area contributed by atoms with Crippen LogP contribution in [0.3, 0.4) is 0 Å². The quantitative estimate of drug-likeness (QED) is 0.898. The minimum absolute atomic E-state index is 0.00865. The van der Waals surface area contributed by atoms with Crippen molar-refractivity contribution in [1.82, 2.24) is 10.2 Å². The van der Waals surface area contributed by atoms with Gasteiger partial charge in [-0.3, -0.25) is 0 Å². The first-order valence-corrected chi connectivity index (χ1v) is 6.95. The molecular formula is C15H19F2N3. The fraction of sp³-hybridized carbons (Fsp3) is 0.533. The van der Waals surface area contributed by atoms with Crippen molar-refractivity contribution in [3.8, 4) is 6.07 Å². The number of halogens is 2. The van der Waals surface area contributed by atoms with Gasteiger partial charge in [0.15, 0.2) is 0 Å². The summed E-state index contributed by atoms with van der Waals surface area (Å²) in [5, 5.41) is 11.8. The summed E-state index contributed by atoms with van der Waals surface area (Å²) in [4.78, 5) is 2.37. The number of rotatable bonds is 5. The van der Waals surface area contributed by atoms with Crippen molar-refractivity contribution in [2.24, 2.45) is 5.92 Å². The van der Waals surface area contributed by atoms with E-state index in [1.54, 1.807) is 6.07 Å². The summed E-state index contributed by atoms with van der Waals surface area (Å²) in [5.41, 5.74) is 0.0208. The summed E-state index contributed by atoms with van der Waals surface area (Å²) >= 11 is 0. The minimum Gasteiger partial charge on any atom is -0.312 e. The third-order valence-electron chi connectivity index (χ3n) is 3.82. The zero-order valence-corrected chi connectivity index (χ0v) is 11.6. The van der Waals surface area contributed by atoms with E-state index < -0.39 is 11.6 Å². The number of nitriles is 1. The molecule has 0 saturated carbocycles. The van der Waals surface area contributed by atoms with E-state index in [-0.39, 0.29) is 17.7 Å². The molecule has 3 nitrogen and oxygen atoms in total. The van der Waals surface area contributed by atoms with Crippen LogP contribution in [0.2, 0.25) is 0 Å². The average molecular weight is 279 g/mol. The van der Waals surface area contributed by atoms with Gasteiger partial charge >= 0.3 is 0 Å². The predicted molar refractivity (Wildman–Crippen MR) is 73.0 cm³/mol. The molecule has 1 atom stereocenters. The van der Waals surface area contributed by atoms with Crippen molar-refractivity contribution in [2.45, 2.75) is 19.9 Å². The van der Waals surface area contributed by atoms with Crippen LogP contribution in [0.15, 0.2) is 12.1 Å². The van der Waals surface area contributed by atoms with Gasteiger partial charge in [0.1, 0.15) is 11.6 Å². The first kappa shape index (κ1) is 14.9. The highest BCUT2D eigenvalue weighted by molar-refractivity contribution is 5.34. The largest absolute Gasteiger partial charge is 0.312 e. The van der Waals surface area contributed by atoms with Gasteiger partial charge < -0.3 is 10.2 Å². The van der Waals surface area contributed by atoms with E-state index in [9.17, 15) is 8.78 Å². The van der Waals surface area contributed by atoms with Crippen LogP contribution in [0.4, 0.5) is 8.78 Å². The topological polar surface area (TPSA) is 39.1 Å². The van der Waals surface area contributed by atoms with Crippen LogP contribution >= 0.6 is 0 Å². The fourth-order valence-electron chi connectivity index (χ4n) is 2.60. The Balaban J connectivity index is 1.87. The Kier molecular flexibility index (Phi) is 5.05. The molecular weight excluding hydrogens is 260 g/mol. The molecule has 1 saturated heterocycles. The number of benzene rings is 1. The molecule has 0 aromatic heterocycles. The molecule has 1 heterocycles. The van der Waals surface area contributed by atoms with Crippen molar-refractivity contribution in [1.29, 1.82) is 5.26 Å². The maximum Gasteiger partial charge on any atom is 0.131 e. The zero-order valence-electron chi connectivity index (χ0n) is 11.6. The summed E-state index contributed by atoms with van der Waals surface area (Å²) in [6, 6.07) is 3.90. The predicted octanol–water partition coefficient (Wildman–Crippen LogP) is 2.27. The van der Waals surface area contributed by atoms with E-state index in [1.807, 2.05) is 0 Å². The molecule has 1 fully saturated rings. The molecule has 1 aromatic carbocycles. The Morgan fingerprint density at radius 3 is 2.65 bits per heavy atom. The van der Waals surface area contributed by atoms with Crippen LogP contribution in [-0.2, 0) is 6.54 Å². The Morgan fingerprint density at radius 2 is 2.10 bits per heavy atom. The summed E-state index contributed by atoms with van der Waals surface area (Å²) in [5.74, 6) is -0.772. The third-order valence-corrected chi connectivity index (χ3v) is 3.82. The molecule has 1 N–H and O–H groups in total. The van der Waals surface area contributed by atoms with E-state index in [0.29, 0.717) is 5.92 Å². The maximum atomic E-state index is 13.7. The molecule has 1 aromatic rings. The van der Waals surface area contributed by atoms with Crippen LogP contribution < -0.4 is 5.32 Å². The molecule has 108 valence electrons. The van der Waals surface area contributed by atoms with Crippen LogP contribution in [0.25, 0.3) is 0 Å². The molecule has 0 bridgehead atoms. The smallest absolute Gasteiger partial charge is 0.131 e. The first-order chi connectivity index (χ1) is 9.63. The van der Waals surface area contributed by atoms with Gasteiger partial charge in [0.2, 0.25) is 0 Å². The summed E-state index contributed by atoms with van der Waals surface area (Å²) in [6.45, 7) is 6.25. The lowest BCUT2D eigenvalue weighted by Gasteiger charge is -2.14. The normalized spacial score (nSPS) is 19.2. The van der Waals surface area contributed by atoms with Crippen LogP contribution in [0.1, 0.15) is 24.5 Å². The number of likely N-dealkylation sites (tertiary alicyclic amines) is 1. The van der Waals surface area contributed by atoms with Crippen molar-refractivity contribution in [2.75, 3.05) is 26.2 Å². The van der Waals surface area contributed by atoms with Crippen LogP contribution in [0, 0.1) is 28.9 Å². The van der Waals surface area contributed by atoms with Gasteiger partial charge in [-0.1, -0.05) is 6.92 Å².